The smallest absolute Gasteiger partial charge is 0.255 e. The Bertz CT molecular complexity index is 1830. The van der Waals surface area contributed by atoms with Crippen LogP contribution in [-0.4, -0.2) is 46.8 Å². The molecule has 4 rings (SSSR count). The Hall–Kier alpha value is -5.53. The van der Waals surface area contributed by atoms with Gasteiger partial charge in [-0.3, -0.25) is 9.59 Å². The van der Waals surface area contributed by atoms with Crippen LogP contribution in [0.3, 0.4) is 0 Å². The third-order valence-corrected chi connectivity index (χ3v) is 8.42. The lowest BCUT2D eigenvalue weighted by Gasteiger charge is -2.23. The second kappa shape index (κ2) is 17.2. The van der Waals surface area contributed by atoms with Gasteiger partial charge in [0.1, 0.15) is 0 Å². The van der Waals surface area contributed by atoms with Crippen molar-refractivity contribution >= 4 is 23.2 Å². The zero-order chi connectivity index (χ0) is 37.1. The molecule has 10 heteroatoms. The number of hydrogen-bond donors (Lipinski definition) is 3. The summed E-state index contributed by atoms with van der Waals surface area (Å²) in [6.45, 7) is 10.6. The molecule has 4 aromatic rings. The summed E-state index contributed by atoms with van der Waals surface area (Å²) in [6.07, 6.45) is 0.778. The van der Waals surface area contributed by atoms with E-state index in [-0.39, 0.29) is 17.2 Å². The summed E-state index contributed by atoms with van der Waals surface area (Å²) >= 11 is 0. The van der Waals surface area contributed by atoms with Crippen molar-refractivity contribution in [2.24, 2.45) is 5.73 Å². The maximum Gasteiger partial charge on any atom is 0.255 e. The minimum atomic E-state index is -0.572. The van der Waals surface area contributed by atoms with Gasteiger partial charge in [-0.1, -0.05) is 39.0 Å². The number of amides is 2. The van der Waals surface area contributed by atoms with Gasteiger partial charge >= 0.3 is 0 Å². The van der Waals surface area contributed by atoms with Crippen molar-refractivity contribution in [3.63, 3.8) is 0 Å². The molecule has 0 saturated heterocycles. The van der Waals surface area contributed by atoms with Crippen LogP contribution in [0.5, 0.6) is 23.0 Å². The average molecular weight is 681 g/mol. The van der Waals surface area contributed by atoms with E-state index in [4.69, 9.17) is 24.7 Å². The molecule has 0 spiro atoms. The number of hydrogen-bond acceptors (Lipinski definition) is 8. The summed E-state index contributed by atoms with van der Waals surface area (Å²) in [6, 6.07) is 25.8. The number of benzene rings is 4. The Kier molecular flexibility index (Phi) is 13.4. The number of nitrogens with one attached hydrogen (secondary N) is 2. The van der Waals surface area contributed by atoms with Crippen LogP contribution < -0.4 is 35.3 Å². The Morgan fingerprint density at radius 1 is 0.680 bits per heavy atom. The van der Waals surface area contributed by atoms with E-state index < -0.39 is 5.41 Å². The third-order valence-electron chi connectivity index (χ3n) is 8.42. The monoisotopic (exact) mass is 680 g/mol. The summed E-state index contributed by atoms with van der Waals surface area (Å²) in [4.78, 5) is 25.0. The minimum Gasteiger partial charge on any atom is -0.493 e. The number of methoxy groups -OCH3 is 4. The van der Waals surface area contributed by atoms with Crippen LogP contribution in [0.15, 0.2) is 78.9 Å². The zero-order valence-corrected chi connectivity index (χ0v) is 30.4. The number of nitrogens with zero attached hydrogens (tertiary/aromatic N) is 1. The molecule has 0 saturated carbocycles. The first-order valence-electron chi connectivity index (χ1n) is 16.2. The SMILES string of the molecule is CCc1cc(NC(=O)c2ccc(OC)c(OC)c2)ccc1C(C)(C)C#N.COc1ccc(C(=O)Nc2ccc(C(C)(C)CN)cc2)cc1OC. The van der Waals surface area contributed by atoms with Gasteiger partial charge in [0.2, 0.25) is 0 Å². The van der Waals surface area contributed by atoms with Gasteiger partial charge in [-0.05, 0) is 97.6 Å². The molecule has 264 valence electrons. The molecule has 0 aromatic heterocycles. The predicted molar refractivity (Wildman–Crippen MR) is 198 cm³/mol. The first-order valence-corrected chi connectivity index (χ1v) is 16.2. The van der Waals surface area contributed by atoms with E-state index in [0.29, 0.717) is 46.4 Å². The van der Waals surface area contributed by atoms with E-state index in [1.807, 2.05) is 63.2 Å². The van der Waals surface area contributed by atoms with Crippen LogP contribution in [0.1, 0.15) is 72.0 Å². The molecule has 0 aliphatic heterocycles. The normalized spacial score (nSPS) is 10.9. The standard InChI is InChI=1S/C21H24N2O3.C19H24N2O3/c1-6-14-11-16(8-9-17(14)21(2,3)13-22)23-20(24)15-7-10-18(25-4)19(12-15)26-5;1-19(2,12-20)14-6-8-15(9-7-14)21-18(22)13-5-10-16(23-3)17(11-13)24-4/h7-12H,6H2,1-5H3,(H,23,24);5-11H,12,20H2,1-4H3,(H,21,22). The van der Waals surface area contributed by atoms with Crippen LogP contribution in [0.4, 0.5) is 11.4 Å². The summed E-state index contributed by atoms with van der Waals surface area (Å²) < 4.78 is 20.8. The molecule has 0 radical (unpaired) electrons. The lowest BCUT2D eigenvalue weighted by Crippen LogP contribution is -2.27. The average Bonchev–Trinajstić information content (AvgIpc) is 3.14. The number of anilines is 2. The molecular formula is C40H48N4O6. The summed E-state index contributed by atoms with van der Waals surface area (Å²) in [7, 11) is 6.18. The Labute approximate surface area is 295 Å². The van der Waals surface area contributed by atoms with Crippen molar-refractivity contribution in [1.29, 1.82) is 5.26 Å². The summed E-state index contributed by atoms with van der Waals surface area (Å²) in [5.74, 6) is 1.73. The minimum absolute atomic E-state index is 0.0914. The highest BCUT2D eigenvalue weighted by Gasteiger charge is 2.23. The maximum absolute atomic E-state index is 12.6. The molecule has 2 amide bonds. The number of nitrogens with two attached hydrogens (primary N) is 1. The van der Waals surface area contributed by atoms with Crippen LogP contribution in [0.2, 0.25) is 0 Å². The van der Waals surface area contributed by atoms with Crippen molar-refractivity contribution < 1.29 is 28.5 Å². The lowest BCUT2D eigenvalue weighted by molar-refractivity contribution is 0.101. The fourth-order valence-corrected chi connectivity index (χ4v) is 5.12. The number of ether oxygens (including phenoxy) is 4. The fourth-order valence-electron chi connectivity index (χ4n) is 5.12. The number of aryl methyl sites for hydroxylation is 1. The van der Waals surface area contributed by atoms with Crippen molar-refractivity contribution in [3.8, 4) is 29.1 Å². The molecule has 0 heterocycles. The molecule has 0 aliphatic rings. The van der Waals surface area contributed by atoms with Crippen LogP contribution in [-0.2, 0) is 17.3 Å². The van der Waals surface area contributed by atoms with Gasteiger partial charge in [-0.2, -0.15) is 5.26 Å². The van der Waals surface area contributed by atoms with Crippen LogP contribution in [0.25, 0.3) is 0 Å². The first-order chi connectivity index (χ1) is 23.8. The van der Waals surface area contributed by atoms with E-state index in [1.165, 1.54) is 14.2 Å². The van der Waals surface area contributed by atoms with E-state index >= 15 is 0 Å². The van der Waals surface area contributed by atoms with E-state index in [0.717, 1.165) is 28.8 Å². The maximum atomic E-state index is 12.6. The number of nitriles is 1. The third kappa shape index (κ3) is 9.55. The molecule has 4 N–H and O–H groups in total. The largest absolute Gasteiger partial charge is 0.493 e. The topological polar surface area (TPSA) is 145 Å². The second-order valence-electron chi connectivity index (χ2n) is 12.7. The van der Waals surface area contributed by atoms with Gasteiger partial charge in [0, 0.05) is 34.5 Å². The Morgan fingerprint density at radius 2 is 1.14 bits per heavy atom. The van der Waals surface area contributed by atoms with Crippen molar-refractivity contribution in [3.05, 3.63) is 107 Å². The van der Waals surface area contributed by atoms with Gasteiger partial charge in [0.25, 0.3) is 11.8 Å². The molecule has 0 aliphatic carbocycles. The van der Waals surface area contributed by atoms with E-state index in [2.05, 4.69) is 30.6 Å². The Balaban J connectivity index is 0.000000271. The molecule has 0 bridgehead atoms. The number of rotatable bonds is 12. The molecule has 50 heavy (non-hydrogen) atoms. The Morgan fingerprint density at radius 3 is 1.56 bits per heavy atom. The predicted octanol–water partition coefficient (Wildman–Crippen LogP) is 7.51. The molecule has 0 unspecified atom stereocenters. The van der Waals surface area contributed by atoms with Crippen molar-refractivity contribution in [2.45, 2.75) is 51.9 Å². The molecule has 4 aromatic carbocycles. The van der Waals surface area contributed by atoms with E-state index in [1.54, 1.807) is 50.6 Å². The van der Waals surface area contributed by atoms with E-state index in [9.17, 15) is 14.9 Å². The number of carbonyl (C=O) groups is 2. The fraction of sp³-hybridized carbons (Fsp3) is 0.325. The molecule has 10 nitrogen and oxygen atoms in total. The zero-order valence-electron chi connectivity index (χ0n) is 30.4. The van der Waals surface area contributed by atoms with Gasteiger partial charge in [-0.25, -0.2) is 0 Å². The molecular weight excluding hydrogens is 632 g/mol. The van der Waals surface area contributed by atoms with Crippen LogP contribution >= 0.6 is 0 Å². The molecule has 0 atom stereocenters. The van der Waals surface area contributed by atoms with Gasteiger partial charge in [0.05, 0.1) is 39.9 Å². The molecule has 0 fully saturated rings. The first kappa shape index (κ1) is 38.9. The van der Waals surface area contributed by atoms with Crippen LogP contribution in [0, 0.1) is 11.3 Å². The highest BCUT2D eigenvalue weighted by molar-refractivity contribution is 6.05. The quantitative estimate of drug-likeness (QED) is 0.139. The highest BCUT2D eigenvalue weighted by atomic mass is 16.5. The van der Waals surface area contributed by atoms with Gasteiger partial charge in [0.15, 0.2) is 23.0 Å². The van der Waals surface area contributed by atoms with Gasteiger partial charge in [-0.15, -0.1) is 0 Å². The highest BCUT2D eigenvalue weighted by Crippen LogP contribution is 2.31. The van der Waals surface area contributed by atoms with Crippen molar-refractivity contribution in [2.75, 3.05) is 45.6 Å². The van der Waals surface area contributed by atoms with Gasteiger partial charge < -0.3 is 35.3 Å². The lowest BCUT2D eigenvalue weighted by atomic mass is 9.82. The summed E-state index contributed by atoms with van der Waals surface area (Å²) in [5.41, 5.74) is 10.7. The number of carbonyl (C=O) groups excluding carboxylic acids is 2. The summed E-state index contributed by atoms with van der Waals surface area (Å²) in [5, 5.41) is 15.2. The second-order valence-corrected chi connectivity index (χ2v) is 12.7. The van der Waals surface area contributed by atoms with Crippen molar-refractivity contribution in [1.82, 2.24) is 0 Å².